The van der Waals surface area contributed by atoms with Gasteiger partial charge in [0.05, 0.1) is 12.7 Å². The number of hydrogen-bond acceptors (Lipinski definition) is 2. The molecule has 0 heterocycles. The smallest absolute Gasteiger partial charge is 0.336 e. The van der Waals surface area contributed by atoms with Crippen molar-refractivity contribution >= 4 is 29.1 Å². The van der Waals surface area contributed by atoms with Crippen molar-refractivity contribution in [1.29, 1.82) is 0 Å². The zero-order chi connectivity index (χ0) is 12.4. The van der Waals surface area contributed by atoms with Gasteiger partial charge in [-0.3, -0.25) is 0 Å². The predicted octanol–water partition coefficient (Wildman–Crippen LogP) is 3.53. The third-order valence-corrected chi connectivity index (χ3v) is 2.92. The average Bonchev–Trinajstić information content (AvgIpc) is 2.36. The van der Waals surface area contributed by atoms with E-state index in [4.69, 9.17) is 4.74 Å². The lowest BCUT2D eigenvalue weighted by molar-refractivity contribution is 0.0698. The molecule has 1 N–H and O–H groups in total. The molecule has 0 spiro atoms. The van der Waals surface area contributed by atoms with Crippen molar-refractivity contribution in [2.24, 2.45) is 0 Å². The molecule has 0 amide bonds. The van der Waals surface area contributed by atoms with Crippen LogP contribution in [0.3, 0.4) is 0 Å². The first kappa shape index (κ1) is 14.3. The summed E-state index contributed by atoms with van der Waals surface area (Å²) in [6.07, 6.45) is 0.703. The van der Waals surface area contributed by atoms with Crippen LogP contribution in [0.5, 0.6) is 5.75 Å². The second kappa shape index (κ2) is 5.74. The van der Waals surface area contributed by atoms with Crippen LogP contribution in [0.15, 0.2) is 30.3 Å². The number of hydrogen-bond donors (Lipinski definition) is 1. The monoisotopic (exact) mass is 266 g/mol. The zero-order valence-corrected chi connectivity index (χ0v) is 11.1. The van der Waals surface area contributed by atoms with Crippen LogP contribution in [0.1, 0.15) is 22.8 Å². The first-order valence-electron chi connectivity index (χ1n) is 5.51. The highest BCUT2D eigenvalue weighted by Gasteiger charge is 2.14. The van der Waals surface area contributed by atoms with Crippen LogP contribution in [0.25, 0.3) is 10.8 Å². The standard InChI is InChI=1S/C14H14O3.ClH/c1-3-9-7-8-10-11(13(9)14(15)16)5-4-6-12(10)17-2;/h4-8H,3H2,1-2H3,(H,15,16);1H. The van der Waals surface area contributed by atoms with Gasteiger partial charge >= 0.3 is 5.97 Å². The maximum absolute atomic E-state index is 11.4. The summed E-state index contributed by atoms with van der Waals surface area (Å²) in [5, 5.41) is 10.9. The first-order valence-corrected chi connectivity index (χ1v) is 5.51. The van der Waals surface area contributed by atoms with Crippen LogP contribution in [0.2, 0.25) is 0 Å². The fourth-order valence-electron chi connectivity index (χ4n) is 2.10. The topological polar surface area (TPSA) is 46.5 Å². The molecule has 2 aromatic rings. The Labute approximate surface area is 112 Å². The number of aromatic carboxylic acids is 1. The lowest BCUT2D eigenvalue weighted by Crippen LogP contribution is -2.03. The molecule has 2 aromatic carbocycles. The van der Waals surface area contributed by atoms with E-state index < -0.39 is 5.97 Å². The van der Waals surface area contributed by atoms with Crippen molar-refractivity contribution in [3.63, 3.8) is 0 Å². The average molecular weight is 267 g/mol. The molecule has 0 aliphatic rings. The summed E-state index contributed by atoms with van der Waals surface area (Å²) in [6, 6.07) is 9.24. The van der Waals surface area contributed by atoms with Crippen LogP contribution in [-0.2, 0) is 6.42 Å². The number of ether oxygens (including phenoxy) is 1. The zero-order valence-electron chi connectivity index (χ0n) is 10.3. The van der Waals surface area contributed by atoms with Gasteiger partial charge in [0.1, 0.15) is 5.75 Å². The van der Waals surface area contributed by atoms with Gasteiger partial charge in [0.25, 0.3) is 0 Å². The number of methoxy groups -OCH3 is 1. The molecule has 0 fully saturated rings. The van der Waals surface area contributed by atoms with Crippen molar-refractivity contribution in [2.75, 3.05) is 7.11 Å². The number of carbonyl (C=O) groups is 1. The Hall–Kier alpha value is -1.74. The molecule has 0 unspecified atom stereocenters. The van der Waals surface area contributed by atoms with Crippen molar-refractivity contribution in [3.8, 4) is 5.75 Å². The fourth-order valence-corrected chi connectivity index (χ4v) is 2.10. The number of aryl methyl sites for hydroxylation is 1. The summed E-state index contributed by atoms with van der Waals surface area (Å²) < 4.78 is 5.24. The molecule has 0 saturated heterocycles. The molecule has 0 atom stereocenters. The Balaban J connectivity index is 0.00000162. The molecule has 3 nitrogen and oxygen atoms in total. The van der Waals surface area contributed by atoms with Gasteiger partial charge in [-0.25, -0.2) is 4.79 Å². The number of benzene rings is 2. The van der Waals surface area contributed by atoms with E-state index in [1.165, 1.54) is 0 Å². The largest absolute Gasteiger partial charge is 0.496 e. The van der Waals surface area contributed by atoms with E-state index in [1.807, 2.05) is 37.3 Å². The summed E-state index contributed by atoms with van der Waals surface area (Å²) in [5.74, 6) is -0.187. The van der Waals surface area contributed by atoms with Crippen molar-refractivity contribution < 1.29 is 14.6 Å². The third-order valence-electron chi connectivity index (χ3n) is 2.92. The quantitative estimate of drug-likeness (QED) is 0.924. The van der Waals surface area contributed by atoms with E-state index in [0.717, 1.165) is 16.3 Å². The predicted molar refractivity (Wildman–Crippen MR) is 74.1 cm³/mol. The summed E-state index contributed by atoms with van der Waals surface area (Å²) in [5.41, 5.74) is 1.22. The minimum atomic E-state index is -0.888. The van der Waals surface area contributed by atoms with E-state index in [1.54, 1.807) is 7.11 Å². The van der Waals surface area contributed by atoms with E-state index in [9.17, 15) is 9.90 Å². The molecule has 0 radical (unpaired) electrons. The van der Waals surface area contributed by atoms with Gasteiger partial charge in [0.15, 0.2) is 0 Å². The fraction of sp³-hybridized carbons (Fsp3) is 0.214. The molecule has 4 heteroatoms. The van der Waals surface area contributed by atoms with Crippen molar-refractivity contribution in [3.05, 3.63) is 41.5 Å². The minimum absolute atomic E-state index is 0. The van der Waals surface area contributed by atoms with Crippen LogP contribution in [0, 0.1) is 0 Å². The van der Waals surface area contributed by atoms with Gasteiger partial charge in [0, 0.05) is 10.8 Å². The van der Waals surface area contributed by atoms with Gasteiger partial charge in [-0.15, -0.1) is 12.4 Å². The SMILES string of the molecule is CCc1ccc2c(OC)cccc2c1C(=O)O.Cl. The lowest BCUT2D eigenvalue weighted by atomic mass is 9.97. The summed E-state index contributed by atoms with van der Waals surface area (Å²) >= 11 is 0. The Bertz CT molecular complexity index is 579. The van der Waals surface area contributed by atoms with Gasteiger partial charge in [-0.05, 0) is 18.1 Å². The summed E-state index contributed by atoms with van der Waals surface area (Å²) in [7, 11) is 1.59. The molecule has 0 aliphatic carbocycles. The summed E-state index contributed by atoms with van der Waals surface area (Å²) in [4.78, 5) is 11.4. The van der Waals surface area contributed by atoms with Crippen LogP contribution < -0.4 is 4.74 Å². The van der Waals surface area contributed by atoms with E-state index in [2.05, 4.69) is 0 Å². The molecule has 0 saturated carbocycles. The number of carboxylic acid groups (broad SMARTS) is 1. The highest BCUT2D eigenvalue weighted by atomic mass is 35.5. The van der Waals surface area contributed by atoms with E-state index >= 15 is 0 Å². The maximum atomic E-state index is 11.4. The van der Waals surface area contributed by atoms with E-state index in [0.29, 0.717) is 17.7 Å². The second-order valence-electron chi connectivity index (χ2n) is 3.81. The molecule has 0 bridgehead atoms. The Kier molecular flexibility index (Phi) is 4.56. The van der Waals surface area contributed by atoms with E-state index in [-0.39, 0.29) is 12.4 Å². The molecular formula is C14H15ClO3. The Morgan fingerprint density at radius 3 is 2.50 bits per heavy atom. The van der Waals surface area contributed by atoms with Gasteiger partial charge in [0.2, 0.25) is 0 Å². The molecule has 2 rings (SSSR count). The number of carboxylic acids is 1. The van der Waals surface area contributed by atoms with Crippen LogP contribution in [0.4, 0.5) is 0 Å². The molecule has 18 heavy (non-hydrogen) atoms. The number of fused-ring (bicyclic) bond motifs is 1. The number of rotatable bonds is 3. The Morgan fingerprint density at radius 1 is 1.22 bits per heavy atom. The first-order chi connectivity index (χ1) is 8.19. The minimum Gasteiger partial charge on any atom is -0.496 e. The lowest BCUT2D eigenvalue weighted by Gasteiger charge is -2.10. The second-order valence-corrected chi connectivity index (χ2v) is 3.81. The third kappa shape index (κ3) is 2.27. The van der Waals surface area contributed by atoms with Gasteiger partial charge in [-0.2, -0.15) is 0 Å². The summed E-state index contributed by atoms with van der Waals surface area (Å²) in [6.45, 7) is 1.95. The normalized spacial score (nSPS) is 9.89. The Morgan fingerprint density at radius 2 is 1.94 bits per heavy atom. The molecule has 96 valence electrons. The maximum Gasteiger partial charge on any atom is 0.336 e. The van der Waals surface area contributed by atoms with Crippen LogP contribution >= 0.6 is 12.4 Å². The van der Waals surface area contributed by atoms with Gasteiger partial charge < -0.3 is 9.84 Å². The van der Waals surface area contributed by atoms with Crippen molar-refractivity contribution in [2.45, 2.75) is 13.3 Å². The highest BCUT2D eigenvalue weighted by Crippen LogP contribution is 2.30. The van der Waals surface area contributed by atoms with Crippen LogP contribution in [-0.4, -0.2) is 18.2 Å². The molecular weight excluding hydrogens is 252 g/mol. The molecule has 0 aliphatic heterocycles. The molecule has 0 aromatic heterocycles. The van der Waals surface area contributed by atoms with Crippen molar-refractivity contribution in [1.82, 2.24) is 0 Å². The number of halogens is 1. The highest BCUT2D eigenvalue weighted by molar-refractivity contribution is 6.06. The van der Waals surface area contributed by atoms with Gasteiger partial charge in [-0.1, -0.05) is 31.2 Å².